The fourth-order valence-corrected chi connectivity index (χ4v) is 5.39. The summed E-state index contributed by atoms with van der Waals surface area (Å²) in [6.07, 6.45) is 12.0. The number of hydrogen-bond donors (Lipinski definition) is 1. The van der Waals surface area contributed by atoms with Gasteiger partial charge in [-0.3, -0.25) is 14.5 Å². The van der Waals surface area contributed by atoms with E-state index in [1.54, 1.807) is 6.20 Å². The maximum Gasteiger partial charge on any atom is 0.228 e. The van der Waals surface area contributed by atoms with Gasteiger partial charge in [0.05, 0.1) is 11.2 Å². The third-order valence-electron chi connectivity index (χ3n) is 6.79. The first-order valence-electron chi connectivity index (χ1n) is 11.3. The fourth-order valence-electron chi connectivity index (χ4n) is 5.18. The summed E-state index contributed by atoms with van der Waals surface area (Å²) in [6.45, 7) is 5.39. The first-order chi connectivity index (χ1) is 15.4. The molecule has 1 amide bonds. The van der Waals surface area contributed by atoms with Crippen LogP contribution in [0, 0.1) is 11.3 Å². The Kier molecular flexibility index (Phi) is 5.49. The molecule has 3 aromatic heterocycles. The van der Waals surface area contributed by atoms with Crippen molar-refractivity contribution in [2.24, 2.45) is 11.3 Å². The molecule has 32 heavy (non-hydrogen) atoms. The van der Waals surface area contributed by atoms with Gasteiger partial charge >= 0.3 is 0 Å². The van der Waals surface area contributed by atoms with E-state index in [2.05, 4.69) is 51.0 Å². The Labute approximate surface area is 193 Å². The van der Waals surface area contributed by atoms with Crippen LogP contribution in [0.25, 0.3) is 11.1 Å². The number of fused-ring (bicyclic) bond motifs is 1. The minimum absolute atomic E-state index is 0.0240. The van der Waals surface area contributed by atoms with Gasteiger partial charge in [0.1, 0.15) is 5.82 Å². The van der Waals surface area contributed by atoms with Crippen LogP contribution in [0.2, 0.25) is 5.02 Å². The summed E-state index contributed by atoms with van der Waals surface area (Å²) in [7, 11) is 0. The highest BCUT2D eigenvalue weighted by Gasteiger charge is 2.32. The fraction of sp³-hybridized carbons (Fsp3) is 0.440. The second-order valence-electron chi connectivity index (χ2n) is 9.88. The lowest BCUT2D eigenvalue weighted by atomic mass is 9.78. The van der Waals surface area contributed by atoms with E-state index in [1.807, 2.05) is 24.7 Å². The molecular formula is C25H28ClN5O. The lowest BCUT2D eigenvalue weighted by Gasteiger charge is -2.28. The number of rotatable bonds is 4. The number of carbonyl (C=O) groups excluding carboxylic acids is 1. The molecule has 0 saturated heterocycles. The molecule has 2 atom stereocenters. The maximum atomic E-state index is 13.1. The number of carbonyl (C=O) groups is 1. The lowest BCUT2D eigenvalue weighted by molar-refractivity contribution is -0.120. The first kappa shape index (κ1) is 21.1. The molecule has 1 fully saturated rings. The van der Waals surface area contributed by atoms with Gasteiger partial charge in [0.2, 0.25) is 5.91 Å². The van der Waals surface area contributed by atoms with E-state index < -0.39 is 0 Å². The highest BCUT2D eigenvalue weighted by Crippen LogP contribution is 2.40. The molecule has 5 rings (SSSR count). The molecule has 1 aliphatic heterocycles. The first-order valence-corrected chi connectivity index (χ1v) is 11.7. The molecule has 3 aromatic rings. The van der Waals surface area contributed by atoms with Crippen LogP contribution >= 0.6 is 11.6 Å². The minimum Gasteiger partial charge on any atom is -0.310 e. The summed E-state index contributed by atoms with van der Waals surface area (Å²) < 4.78 is 2.06. The average Bonchev–Trinajstić information content (AvgIpc) is 3.30. The second-order valence-corrected chi connectivity index (χ2v) is 10.3. The zero-order chi connectivity index (χ0) is 22.3. The Hall–Kier alpha value is -2.73. The molecule has 4 heterocycles. The number of amides is 1. The quantitative estimate of drug-likeness (QED) is 0.571. The number of nitrogens with one attached hydrogen (secondary N) is 1. The predicted molar refractivity (Wildman–Crippen MR) is 126 cm³/mol. The largest absolute Gasteiger partial charge is 0.310 e. The molecule has 7 heteroatoms. The highest BCUT2D eigenvalue weighted by atomic mass is 35.5. The summed E-state index contributed by atoms with van der Waals surface area (Å²) >= 11 is 6.52. The zero-order valence-corrected chi connectivity index (χ0v) is 19.3. The molecular weight excluding hydrogens is 422 g/mol. The van der Waals surface area contributed by atoms with Gasteiger partial charge in [0.15, 0.2) is 0 Å². The van der Waals surface area contributed by atoms with Gasteiger partial charge in [0.25, 0.3) is 0 Å². The molecule has 166 valence electrons. The van der Waals surface area contributed by atoms with Gasteiger partial charge in [-0.1, -0.05) is 31.9 Å². The molecule has 0 aromatic carbocycles. The van der Waals surface area contributed by atoms with Gasteiger partial charge in [-0.05, 0) is 60.8 Å². The minimum atomic E-state index is -0.0240. The summed E-state index contributed by atoms with van der Waals surface area (Å²) in [5.74, 6) is 0.946. The third kappa shape index (κ3) is 4.16. The van der Waals surface area contributed by atoms with E-state index in [1.165, 1.54) is 11.3 Å². The maximum absolute atomic E-state index is 13.1. The molecule has 0 radical (unpaired) electrons. The van der Waals surface area contributed by atoms with Crippen LogP contribution in [-0.4, -0.2) is 25.7 Å². The summed E-state index contributed by atoms with van der Waals surface area (Å²) in [5.41, 5.74) is 4.53. The topological polar surface area (TPSA) is 72.7 Å². The second kappa shape index (κ2) is 8.32. The monoisotopic (exact) mass is 449 g/mol. The molecule has 1 N–H and O–H groups in total. The van der Waals surface area contributed by atoms with E-state index >= 15 is 0 Å². The molecule has 6 nitrogen and oxygen atoms in total. The molecule has 0 spiro atoms. The molecule has 1 saturated carbocycles. The molecule has 0 bridgehead atoms. The number of hydrogen-bond acceptors (Lipinski definition) is 4. The van der Waals surface area contributed by atoms with Crippen LogP contribution in [0.5, 0.6) is 0 Å². The van der Waals surface area contributed by atoms with Crippen molar-refractivity contribution in [3.05, 3.63) is 59.3 Å². The number of anilines is 1. The van der Waals surface area contributed by atoms with Crippen LogP contribution < -0.4 is 5.32 Å². The Balaban J connectivity index is 1.33. The van der Waals surface area contributed by atoms with Crippen molar-refractivity contribution in [2.45, 2.75) is 58.4 Å². The lowest BCUT2D eigenvalue weighted by Crippen LogP contribution is -2.27. The Bertz CT molecular complexity index is 1140. The van der Waals surface area contributed by atoms with Crippen LogP contribution in [0.3, 0.4) is 0 Å². The SMILES string of the molecule is CC1(C)Cc2c(-c3cc(NC(=O)[C@H]4CCC[C@H](c5ccncc5)C4)ncc3Cl)cnn2C1. The van der Waals surface area contributed by atoms with Crippen LogP contribution in [0.15, 0.2) is 43.0 Å². The highest BCUT2D eigenvalue weighted by molar-refractivity contribution is 6.33. The van der Waals surface area contributed by atoms with Crippen molar-refractivity contribution in [1.82, 2.24) is 19.7 Å². The van der Waals surface area contributed by atoms with Gasteiger partial charge < -0.3 is 5.32 Å². The van der Waals surface area contributed by atoms with Crippen molar-refractivity contribution in [3.63, 3.8) is 0 Å². The van der Waals surface area contributed by atoms with E-state index in [-0.39, 0.29) is 17.2 Å². The van der Waals surface area contributed by atoms with Crippen molar-refractivity contribution in [1.29, 1.82) is 0 Å². The van der Waals surface area contributed by atoms with Crippen LogP contribution in [-0.2, 0) is 17.8 Å². The molecule has 0 unspecified atom stereocenters. The summed E-state index contributed by atoms with van der Waals surface area (Å²) in [4.78, 5) is 21.6. The van der Waals surface area contributed by atoms with Gasteiger partial charge in [-0.2, -0.15) is 5.10 Å². The van der Waals surface area contributed by atoms with Crippen LogP contribution in [0.1, 0.15) is 56.7 Å². The van der Waals surface area contributed by atoms with E-state index in [4.69, 9.17) is 11.6 Å². The normalized spacial score (nSPS) is 21.8. The summed E-state index contributed by atoms with van der Waals surface area (Å²) in [6, 6.07) is 6.00. The van der Waals surface area contributed by atoms with E-state index in [0.717, 1.165) is 49.8 Å². The number of pyridine rings is 2. The van der Waals surface area contributed by atoms with Crippen molar-refractivity contribution < 1.29 is 4.79 Å². The van der Waals surface area contributed by atoms with Crippen molar-refractivity contribution >= 4 is 23.3 Å². The van der Waals surface area contributed by atoms with Crippen molar-refractivity contribution in [3.8, 4) is 11.1 Å². The van der Waals surface area contributed by atoms with E-state index in [9.17, 15) is 4.79 Å². The summed E-state index contributed by atoms with van der Waals surface area (Å²) in [5, 5.41) is 8.17. The van der Waals surface area contributed by atoms with Crippen molar-refractivity contribution in [2.75, 3.05) is 5.32 Å². The predicted octanol–water partition coefficient (Wildman–Crippen LogP) is 5.49. The molecule has 2 aliphatic rings. The Morgan fingerprint density at radius 1 is 1.19 bits per heavy atom. The Morgan fingerprint density at radius 3 is 2.81 bits per heavy atom. The number of halogens is 1. The zero-order valence-electron chi connectivity index (χ0n) is 18.5. The Morgan fingerprint density at radius 2 is 2.00 bits per heavy atom. The third-order valence-corrected chi connectivity index (χ3v) is 7.09. The number of aromatic nitrogens is 4. The average molecular weight is 450 g/mol. The van der Waals surface area contributed by atoms with Gasteiger partial charge in [0, 0.05) is 47.9 Å². The smallest absolute Gasteiger partial charge is 0.228 e. The standard InChI is InChI=1S/C25H28ClN5O/c1-25(2)12-22-20(13-29-31(22)15-25)19-11-23(28-14-21(19)26)30-24(32)18-5-3-4-17(10-18)16-6-8-27-9-7-16/h6-9,11,13-14,17-18H,3-5,10,12,15H2,1-2H3,(H,28,30,32)/t17-,18-/m0/s1. The van der Waals surface area contributed by atoms with E-state index in [0.29, 0.717) is 16.8 Å². The number of nitrogens with zero attached hydrogens (tertiary/aromatic N) is 4. The van der Waals surface area contributed by atoms with Gasteiger partial charge in [-0.25, -0.2) is 4.98 Å². The van der Waals surface area contributed by atoms with Crippen LogP contribution in [0.4, 0.5) is 5.82 Å². The molecule has 1 aliphatic carbocycles. The van der Waals surface area contributed by atoms with Gasteiger partial charge in [-0.15, -0.1) is 0 Å².